The number of nitrogens with one attached hydrogen (secondary N) is 1. The summed E-state index contributed by atoms with van der Waals surface area (Å²) in [5, 5.41) is 11.9. The molecular formula is C14H18N2. The predicted molar refractivity (Wildman–Crippen MR) is 67.8 cm³/mol. The van der Waals surface area contributed by atoms with Gasteiger partial charge in [0.2, 0.25) is 0 Å². The molecule has 0 radical (unpaired) electrons. The minimum atomic E-state index is 0.311. The lowest BCUT2D eigenvalue weighted by Crippen LogP contribution is -2.27. The molecule has 0 saturated heterocycles. The Hall–Kier alpha value is -1.59. The summed E-state index contributed by atoms with van der Waals surface area (Å²) in [5.41, 5.74) is 1.21. The normalized spacial score (nSPS) is 12.5. The van der Waals surface area contributed by atoms with Gasteiger partial charge in [0.25, 0.3) is 0 Å². The summed E-state index contributed by atoms with van der Waals surface area (Å²) >= 11 is 0. The average molecular weight is 214 g/mol. The van der Waals surface area contributed by atoms with E-state index in [-0.39, 0.29) is 0 Å². The maximum absolute atomic E-state index is 8.59. The lowest BCUT2D eigenvalue weighted by Gasteiger charge is -2.10. The van der Waals surface area contributed by atoms with Gasteiger partial charge in [0, 0.05) is 12.6 Å². The van der Waals surface area contributed by atoms with Crippen LogP contribution in [0.4, 0.5) is 0 Å². The van der Waals surface area contributed by atoms with E-state index in [1.807, 2.05) is 18.2 Å². The molecule has 0 amide bonds. The van der Waals surface area contributed by atoms with Crippen molar-refractivity contribution < 1.29 is 0 Å². The molecule has 0 saturated carbocycles. The lowest BCUT2D eigenvalue weighted by molar-refractivity contribution is 0.534. The molecule has 0 heterocycles. The molecule has 0 aliphatic rings. The quantitative estimate of drug-likeness (QED) is 0.790. The summed E-state index contributed by atoms with van der Waals surface area (Å²) in [7, 11) is 0. The third-order valence-corrected chi connectivity index (χ3v) is 2.46. The molecule has 0 spiro atoms. The van der Waals surface area contributed by atoms with E-state index >= 15 is 0 Å². The van der Waals surface area contributed by atoms with Crippen molar-refractivity contribution in [2.24, 2.45) is 0 Å². The highest BCUT2D eigenvalue weighted by molar-refractivity contribution is 5.48. The fourth-order valence-electron chi connectivity index (χ4n) is 1.46. The van der Waals surface area contributed by atoms with Crippen LogP contribution in [-0.2, 0) is 0 Å². The van der Waals surface area contributed by atoms with E-state index in [2.05, 4.69) is 42.6 Å². The van der Waals surface area contributed by atoms with E-state index in [1.54, 1.807) is 0 Å². The number of nitrogens with zero attached hydrogens (tertiary/aromatic N) is 1. The molecule has 1 atom stereocenters. The first-order valence-electron chi connectivity index (χ1n) is 5.68. The van der Waals surface area contributed by atoms with E-state index in [0.717, 1.165) is 13.0 Å². The van der Waals surface area contributed by atoms with Gasteiger partial charge in [-0.25, -0.2) is 0 Å². The van der Waals surface area contributed by atoms with Gasteiger partial charge in [0.05, 0.1) is 12.5 Å². The van der Waals surface area contributed by atoms with Crippen LogP contribution in [0.3, 0.4) is 0 Å². The van der Waals surface area contributed by atoms with Crippen molar-refractivity contribution in [3.8, 4) is 6.07 Å². The van der Waals surface area contributed by atoms with Crippen molar-refractivity contribution in [1.82, 2.24) is 5.32 Å². The molecule has 16 heavy (non-hydrogen) atoms. The van der Waals surface area contributed by atoms with Gasteiger partial charge in [-0.15, -0.1) is 0 Å². The van der Waals surface area contributed by atoms with E-state index in [4.69, 9.17) is 5.26 Å². The van der Waals surface area contributed by atoms with Gasteiger partial charge in [-0.3, -0.25) is 0 Å². The zero-order valence-electron chi connectivity index (χ0n) is 9.69. The highest BCUT2D eigenvalue weighted by atomic mass is 14.9. The predicted octanol–water partition coefficient (Wildman–Crippen LogP) is 2.98. The fourth-order valence-corrected chi connectivity index (χ4v) is 1.46. The monoisotopic (exact) mass is 214 g/mol. The van der Waals surface area contributed by atoms with E-state index in [9.17, 15) is 0 Å². The van der Waals surface area contributed by atoms with E-state index in [0.29, 0.717) is 12.5 Å². The summed E-state index contributed by atoms with van der Waals surface area (Å²) in [5.74, 6) is 0. The van der Waals surface area contributed by atoms with Gasteiger partial charge in [-0.05, 0) is 12.0 Å². The SMILES string of the molecule is CCC(CC#N)NC/C=C/c1ccccc1. The van der Waals surface area contributed by atoms with Crippen molar-refractivity contribution in [2.75, 3.05) is 6.54 Å². The molecule has 0 aromatic heterocycles. The second-order valence-electron chi connectivity index (χ2n) is 3.69. The molecule has 1 aromatic rings. The summed E-state index contributed by atoms with van der Waals surface area (Å²) < 4.78 is 0. The molecule has 1 unspecified atom stereocenters. The first-order valence-corrected chi connectivity index (χ1v) is 5.68. The number of hydrogen-bond donors (Lipinski definition) is 1. The van der Waals surface area contributed by atoms with Crippen LogP contribution in [0.2, 0.25) is 0 Å². The first-order chi connectivity index (χ1) is 7.86. The minimum absolute atomic E-state index is 0.311. The van der Waals surface area contributed by atoms with Crippen molar-refractivity contribution in [1.29, 1.82) is 5.26 Å². The molecule has 0 fully saturated rings. The molecule has 1 N–H and O–H groups in total. The molecule has 0 bridgehead atoms. The summed E-state index contributed by atoms with van der Waals surface area (Å²) in [6.07, 6.45) is 5.75. The highest BCUT2D eigenvalue weighted by Gasteiger charge is 2.01. The van der Waals surface area contributed by atoms with Crippen LogP contribution in [0.25, 0.3) is 6.08 Å². The third kappa shape index (κ3) is 4.77. The second kappa shape index (κ2) is 7.67. The van der Waals surface area contributed by atoms with E-state index in [1.165, 1.54) is 5.56 Å². The van der Waals surface area contributed by atoms with Gasteiger partial charge in [-0.1, -0.05) is 49.4 Å². The number of rotatable bonds is 6. The number of benzene rings is 1. The second-order valence-corrected chi connectivity index (χ2v) is 3.69. The van der Waals surface area contributed by atoms with Crippen LogP contribution >= 0.6 is 0 Å². The Labute approximate surface area is 97.6 Å². The molecule has 84 valence electrons. The summed E-state index contributed by atoms with van der Waals surface area (Å²) in [6, 6.07) is 12.7. The fraction of sp³-hybridized carbons (Fsp3) is 0.357. The minimum Gasteiger partial charge on any atom is -0.310 e. The molecule has 2 heteroatoms. The topological polar surface area (TPSA) is 35.8 Å². The van der Waals surface area contributed by atoms with Crippen molar-refractivity contribution in [2.45, 2.75) is 25.8 Å². The molecule has 2 nitrogen and oxygen atoms in total. The van der Waals surface area contributed by atoms with Gasteiger partial charge in [0.15, 0.2) is 0 Å². The zero-order valence-corrected chi connectivity index (χ0v) is 9.69. The summed E-state index contributed by atoms with van der Waals surface area (Å²) in [4.78, 5) is 0. The van der Waals surface area contributed by atoms with Gasteiger partial charge < -0.3 is 5.32 Å². The zero-order chi connectivity index (χ0) is 11.6. The number of nitriles is 1. The molecule has 0 aliphatic heterocycles. The Morgan fingerprint density at radius 3 is 2.75 bits per heavy atom. The van der Waals surface area contributed by atoms with Crippen LogP contribution in [0.1, 0.15) is 25.3 Å². The van der Waals surface area contributed by atoms with Crippen molar-refractivity contribution in [3.05, 3.63) is 42.0 Å². The largest absolute Gasteiger partial charge is 0.310 e. The molecule has 1 rings (SSSR count). The third-order valence-electron chi connectivity index (χ3n) is 2.46. The van der Waals surface area contributed by atoms with Crippen LogP contribution in [0.5, 0.6) is 0 Å². The van der Waals surface area contributed by atoms with E-state index < -0.39 is 0 Å². The molecule has 0 aliphatic carbocycles. The lowest BCUT2D eigenvalue weighted by atomic mass is 10.1. The van der Waals surface area contributed by atoms with Crippen LogP contribution in [0.15, 0.2) is 36.4 Å². The maximum atomic E-state index is 8.59. The summed E-state index contributed by atoms with van der Waals surface area (Å²) in [6.45, 7) is 2.91. The Bertz CT molecular complexity index is 349. The Morgan fingerprint density at radius 2 is 2.12 bits per heavy atom. The van der Waals surface area contributed by atoms with Crippen molar-refractivity contribution >= 4 is 6.08 Å². The Morgan fingerprint density at radius 1 is 1.38 bits per heavy atom. The van der Waals surface area contributed by atoms with Crippen LogP contribution in [0, 0.1) is 11.3 Å². The van der Waals surface area contributed by atoms with Gasteiger partial charge >= 0.3 is 0 Å². The van der Waals surface area contributed by atoms with Crippen LogP contribution < -0.4 is 5.32 Å². The Kier molecular flexibility index (Phi) is 5.98. The average Bonchev–Trinajstić information content (AvgIpc) is 2.34. The van der Waals surface area contributed by atoms with Gasteiger partial charge in [0.1, 0.15) is 0 Å². The number of hydrogen-bond acceptors (Lipinski definition) is 2. The standard InChI is InChI=1S/C14H18N2/c1-2-14(10-11-15)16-12-6-9-13-7-4-3-5-8-13/h3-9,14,16H,2,10,12H2,1H3/b9-6+. The van der Waals surface area contributed by atoms with Gasteiger partial charge in [-0.2, -0.15) is 5.26 Å². The highest BCUT2D eigenvalue weighted by Crippen LogP contribution is 2.00. The van der Waals surface area contributed by atoms with Crippen LogP contribution in [-0.4, -0.2) is 12.6 Å². The first kappa shape index (κ1) is 12.5. The Balaban J connectivity index is 2.30. The van der Waals surface area contributed by atoms with Crippen molar-refractivity contribution in [3.63, 3.8) is 0 Å². The molecule has 1 aromatic carbocycles. The molecular weight excluding hydrogens is 196 g/mol. The smallest absolute Gasteiger partial charge is 0.0638 e. The maximum Gasteiger partial charge on any atom is 0.0638 e.